The van der Waals surface area contributed by atoms with Crippen LogP contribution in [-0.2, 0) is 10.5 Å². The van der Waals surface area contributed by atoms with Crippen LogP contribution in [0, 0.1) is 12.1 Å². The van der Waals surface area contributed by atoms with E-state index >= 15 is 0 Å². The van der Waals surface area contributed by atoms with Crippen LogP contribution in [0.1, 0.15) is 17.7 Å². The normalized spacial score (nSPS) is 11.1. The van der Waals surface area contributed by atoms with Gasteiger partial charge in [-0.1, -0.05) is 23.9 Å². The van der Waals surface area contributed by atoms with Crippen molar-refractivity contribution in [2.24, 2.45) is 0 Å². The molecule has 0 fully saturated rings. The number of aromatic amines is 1. The molecule has 1 aromatic carbocycles. The van der Waals surface area contributed by atoms with Crippen molar-refractivity contribution in [2.75, 3.05) is 20.3 Å². The maximum Gasteiger partial charge on any atom is 0.209 e. The smallest absolute Gasteiger partial charge is 0.209 e. The van der Waals surface area contributed by atoms with E-state index in [-0.39, 0.29) is 0 Å². The number of hydrogen-bond donors (Lipinski definition) is 1. The van der Waals surface area contributed by atoms with Crippen LogP contribution in [-0.4, -0.2) is 30.3 Å². The summed E-state index contributed by atoms with van der Waals surface area (Å²) in [4.78, 5) is 7.79. The number of para-hydroxylation sites is 2. The standard InChI is InChI=1S/C18H21N3O3S/c1-13-16(21(22)9-8-17(13)24-11-5-10-23-2)12-25-18-19-14-6-3-4-7-15(14)20-18/h3-4,6-9H,5,10-12H2,1-2H3,(H,19,20). The van der Waals surface area contributed by atoms with Crippen LogP contribution in [0.3, 0.4) is 0 Å². The zero-order valence-corrected chi connectivity index (χ0v) is 15.1. The highest BCUT2D eigenvalue weighted by molar-refractivity contribution is 7.98. The predicted octanol–water partition coefficient (Wildman–Crippen LogP) is 3.21. The number of benzene rings is 1. The molecule has 2 heterocycles. The molecule has 7 heteroatoms. The van der Waals surface area contributed by atoms with Crippen LogP contribution >= 0.6 is 11.8 Å². The lowest BCUT2D eigenvalue weighted by atomic mass is 10.2. The van der Waals surface area contributed by atoms with Crippen molar-refractivity contribution in [2.45, 2.75) is 24.3 Å². The molecule has 2 aromatic heterocycles. The van der Waals surface area contributed by atoms with E-state index in [9.17, 15) is 5.21 Å². The number of aromatic nitrogens is 3. The topological polar surface area (TPSA) is 74.1 Å². The van der Waals surface area contributed by atoms with E-state index < -0.39 is 0 Å². The molecule has 0 radical (unpaired) electrons. The lowest BCUT2D eigenvalue weighted by molar-refractivity contribution is -0.613. The number of hydrogen-bond acceptors (Lipinski definition) is 5. The number of imidazole rings is 1. The third-order valence-corrected chi connectivity index (χ3v) is 4.78. The average Bonchev–Trinajstić information content (AvgIpc) is 3.03. The maximum absolute atomic E-state index is 12.2. The molecule has 0 spiro atoms. The Balaban J connectivity index is 1.70. The molecule has 0 aliphatic heterocycles. The maximum atomic E-state index is 12.2. The highest BCUT2D eigenvalue weighted by Gasteiger charge is 2.16. The first-order chi connectivity index (χ1) is 12.2. The zero-order chi connectivity index (χ0) is 17.6. The molecule has 3 rings (SSSR count). The molecular formula is C18H21N3O3S. The molecule has 0 aliphatic rings. The number of nitrogens with zero attached hydrogens (tertiary/aromatic N) is 2. The zero-order valence-electron chi connectivity index (χ0n) is 14.3. The second kappa shape index (κ2) is 8.22. The highest BCUT2D eigenvalue weighted by atomic mass is 32.2. The SMILES string of the molecule is COCCCOc1cc[n+]([O-])c(CSc2nc3ccccc3[nH]2)c1C. The van der Waals surface area contributed by atoms with Gasteiger partial charge in [0.25, 0.3) is 0 Å². The van der Waals surface area contributed by atoms with E-state index in [2.05, 4.69) is 9.97 Å². The fourth-order valence-electron chi connectivity index (χ4n) is 2.51. The minimum absolute atomic E-state index is 0.518. The van der Waals surface area contributed by atoms with E-state index in [0.29, 0.717) is 24.7 Å². The second-order valence-electron chi connectivity index (χ2n) is 5.62. The molecule has 0 atom stereocenters. The first kappa shape index (κ1) is 17.6. The number of pyridine rings is 1. The minimum Gasteiger partial charge on any atom is -0.618 e. The van der Waals surface area contributed by atoms with E-state index in [1.54, 1.807) is 13.2 Å². The van der Waals surface area contributed by atoms with Gasteiger partial charge >= 0.3 is 0 Å². The van der Waals surface area contributed by atoms with Gasteiger partial charge in [-0.2, -0.15) is 4.73 Å². The summed E-state index contributed by atoms with van der Waals surface area (Å²) in [6, 6.07) is 9.58. The van der Waals surface area contributed by atoms with Gasteiger partial charge in [0.05, 0.1) is 29.0 Å². The fraction of sp³-hybridized carbons (Fsp3) is 0.333. The number of H-pyrrole nitrogens is 1. The molecule has 0 unspecified atom stereocenters. The molecule has 0 aliphatic carbocycles. The number of fused-ring (bicyclic) bond motifs is 1. The number of ether oxygens (including phenoxy) is 2. The van der Waals surface area contributed by atoms with Gasteiger partial charge in [0.2, 0.25) is 5.69 Å². The van der Waals surface area contributed by atoms with Gasteiger partial charge < -0.3 is 19.7 Å². The molecule has 1 N–H and O–H groups in total. The van der Waals surface area contributed by atoms with Crippen molar-refractivity contribution >= 4 is 22.8 Å². The monoisotopic (exact) mass is 359 g/mol. The lowest BCUT2D eigenvalue weighted by Gasteiger charge is -2.12. The van der Waals surface area contributed by atoms with Crippen LogP contribution in [0.2, 0.25) is 0 Å². The van der Waals surface area contributed by atoms with E-state index in [1.165, 1.54) is 18.0 Å². The molecule has 0 bridgehead atoms. The van der Waals surface area contributed by atoms with Crippen molar-refractivity contribution in [1.29, 1.82) is 0 Å². The molecule has 0 saturated carbocycles. The van der Waals surface area contributed by atoms with Gasteiger partial charge in [-0.05, 0) is 19.1 Å². The van der Waals surface area contributed by atoms with Gasteiger partial charge in [-0.3, -0.25) is 0 Å². The van der Waals surface area contributed by atoms with Crippen LogP contribution in [0.15, 0.2) is 41.7 Å². The number of methoxy groups -OCH3 is 1. The largest absolute Gasteiger partial charge is 0.618 e. The Morgan fingerprint density at radius 3 is 2.88 bits per heavy atom. The molecule has 25 heavy (non-hydrogen) atoms. The van der Waals surface area contributed by atoms with Crippen molar-refractivity contribution in [3.8, 4) is 5.75 Å². The average molecular weight is 359 g/mol. The Kier molecular flexibility index (Phi) is 5.78. The van der Waals surface area contributed by atoms with E-state index in [1.807, 2.05) is 31.2 Å². The van der Waals surface area contributed by atoms with Gasteiger partial charge in [0.1, 0.15) is 5.75 Å². The molecule has 3 aromatic rings. The van der Waals surface area contributed by atoms with Crippen molar-refractivity contribution in [3.63, 3.8) is 0 Å². The molecule has 132 valence electrons. The van der Waals surface area contributed by atoms with Gasteiger partial charge in [0, 0.05) is 26.2 Å². The van der Waals surface area contributed by atoms with Crippen LogP contribution in [0.4, 0.5) is 0 Å². The predicted molar refractivity (Wildman–Crippen MR) is 97.8 cm³/mol. The number of nitrogens with one attached hydrogen (secondary N) is 1. The molecular weight excluding hydrogens is 338 g/mol. The Bertz CT molecular complexity index is 818. The van der Waals surface area contributed by atoms with Crippen molar-refractivity contribution < 1.29 is 14.2 Å². The van der Waals surface area contributed by atoms with Gasteiger partial charge in [0.15, 0.2) is 11.4 Å². The van der Waals surface area contributed by atoms with Crippen LogP contribution in [0.25, 0.3) is 11.0 Å². The molecule has 6 nitrogen and oxygen atoms in total. The summed E-state index contributed by atoms with van der Waals surface area (Å²) < 4.78 is 11.7. The van der Waals surface area contributed by atoms with E-state index in [4.69, 9.17) is 9.47 Å². The number of rotatable bonds is 8. The lowest BCUT2D eigenvalue weighted by Crippen LogP contribution is -2.32. The van der Waals surface area contributed by atoms with Crippen LogP contribution in [0.5, 0.6) is 5.75 Å². The third-order valence-electron chi connectivity index (χ3n) is 3.89. The highest BCUT2D eigenvalue weighted by Crippen LogP contribution is 2.26. The van der Waals surface area contributed by atoms with Gasteiger partial charge in [-0.25, -0.2) is 4.98 Å². The number of thioether (sulfide) groups is 1. The van der Waals surface area contributed by atoms with E-state index in [0.717, 1.165) is 38.7 Å². The summed E-state index contributed by atoms with van der Waals surface area (Å²) in [5.41, 5.74) is 3.45. The Labute approximate surface area is 150 Å². The molecule has 0 saturated heterocycles. The summed E-state index contributed by atoms with van der Waals surface area (Å²) in [5.74, 6) is 1.26. The first-order valence-electron chi connectivity index (χ1n) is 8.10. The summed E-state index contributed by atoms with van der Waals surface area (Å²) in [5, 5.41) is 13.0. The summed E-state index contributed by atoms with van der Waals surface area (Å²) in [7, 11) is 1.67. The fourth-order valence-corrected chi connectivity index (χ4v) is 3.47. The first-order valence-corrected chi connectivity index (χ1v) is 9.08. The molecule has 0 amide bonds. The van der Waals surface area contributed by atoms with Crippen molar-refractivity contribution in [1.82, 2.24) is 9.97 Å². The quantitative estimate of drug-likeness (QED) is 0.289. The summed E-state index contributed by atoms with van der Waals surface area (Å²) in [6.07, 6.45) is 2.30. The minimum atomic E-state index is 0.518. The second-order valence-corrected chi connectivity index (χ2v) is 6.58. The third kappa shape index (κ3) is 4.24. The summed E-state index contributed by atoms with van der Waals surface area (Å²) >= 11 is 1.51. The van der Waals surface area contributed by atoms with Crippen LogP contribution < -0.4 is 9.47 Å². The van der Waals surface area contributed by atoms with Gasteiger partial charge in [-0.15, -0.1) is 0 Å². The Morgan fingerprint density at radius 1 is 1.24 bits per heavy atom. The van der Waals surface area contributed by atoms with Crippen molar-refractivity contribution in [3.05, 3.63) is 53.0 Å². The summed E-state index contributed by atoms with van der Waals surface area (Å²) in [6.45, 7) is 3.13. The Morgan fingerprint density at radius 2 is 2.08 bits per heavy atom. The Hall–Kier alpha value is -2.25.